The van der Waals surface area contributed by atoms with Gasteiger partial charge in [0, 0.05) is 21.2 Å². The molecule has 29 heavy (non-hydrogen) atoms. The minimum Gasteiger partial charge on any atom is -0.384 e. The summed E-state index contributed by atoms with van der Waals surface area (Å²) in [7, 11) is 0. The van der Waals surface area contributed by atoms with Crippen LogP contribution in [0.4, 0.5) is 0 Å². The van der Waals surface area contributed by atoms with Crippen molar-refractivity contribution in [2.75, 3.05) is 0 Å². The molecule has 148 valence electrons. The molecule has 0 bridgehead atoms. The van der Waals surface area contributed by atoms with Gasteiger partial charge in [-0.3, -0.25) is 5.41 Å². The van der Waals surface area contributed by atoms with Crippen LogP contribution in [0.25, 0.3) is 5.57 Å². The summed E-state index contributed by atoms with van der Waals surface area (Å²) in [6.45, 7) is 7.75. The highest BCUT2D eigenvalue weighted by Crippen LogP contribution is 2.40. The molecule has 0 aliphatic heterocycles. The highest BCUT2D eigenvalue weighted by Gasteiger charge is 2.21. The van der Waals surface area contributed by atoms with E-state index in [2.05, 4.69) is 0 Å². The van der Waals surface area contributed by atoms with E-state index in [1.165, 1.54) is 0 Å². The number of hydrogen-bond acceptors (Lipinski definition) is 2. The molecule has 3 rings (SSSR count). The van der Waals surface area contributed by atoms with E-state index < -0.39 is 0 Å². The number of amidine groups is 1. The first kappa shape index (κ1) is 21.1. The Morgan fingerprint density at radius 2 is 1.34 bits per heavy atom. The zero-order valence-electron chi connectivity index (χ0n) is 16.9. The molecule has 0 amide bonds. The highest BCUT2D eigenvalue weighted by molar-refractivity contribution is 6.38. The van der Waals surface area contributed by atoms with E-state index in [0.29, 0.717) is 15.8 Å². The second-order valence-corrected chi connectivity index (χ2v) is 8.17. The van der Waals surface area contributed by atoms with Crippen LogP contribution in [0.2, 0.25) is 10.0 Å². The molecule has 0 radical (unpaired) electrons. The highest BCUT2D eigenvalue weighted by atomic mass is 35.5. The molecule has 4 N–H and O–H groups in total. The molecule has 0 saturated heterocycles. The Balaban J connectivity index is 2.43. The normalized spacial score (nSPS) is 13.9. The third kappa shape index (κ3) is 3.93. The fourth-order valence-corrected chi connectivity index (χ4v) is 4.42. The molecule has 0 atom stereocenters. The predicted molar refractivity (Wildman–Crippen MR) is 125 cm³/mol. The van der Waals surface area contributed by atoms with Gasteiger partial charge >= 0.3 is 0 Å². The number of nitrogens with one attached hydrogen (secondary N) is 2. The maximum Gasteiger partial charge on any atom is 0.123 e. The number of aryl methyl sites for hydroxylation is 2. The maximum atomic E-state index is 8.22. The zero-order chi connectivity index (χ0) is 21.5. The predicted octanol–water partition coefficient (Wildman–Crippen LogP) is 6.62. The number of nitrogens with two attached hydrogens (primary N) is 1. The molecule has 0 spiro atoms. The lowest BCUT2D eigenvalue weighted by Gasteiger charge is -2.21. The van der Waals surface area contributed by atoms with Gasteiger partial charge in [-0.25, -0.2) is 0 Å². The van der Waals surface area contributed by atoms with Gasteiger partial charge in [0.25, 0.3) is 0 Å². The average molecular weight is 424 g/mol. The van der Waals surface area contributed by atoms with Crippen molar-refractivity contribution in [2.45, 2.75) is 27.7 Å². The fourth-order valence-electron chi connectivity index (χ4n) is 3.83. The number of allylic oxidation sites excluding steroid dienone is 5. The third-order valence-electron chi connectivity index (χ3n) is 5.12. The van der Waals surface area contributed by atoms with Gasteiger partial charge in [0.1, 0.15) is 5.84 Å². The summed E-state index contributed by atoms with van der Waals surface area (Å²) in [4.78, 5) is 0. The summed E-state index contributed by atoms with van der Waals surface area (Å²) in [6, 6.07) is 9.50. The van der Waals surface area contributed by atoms with Gasteiger partial charge in [-0.2, -0.15) is 0 Å². The first-order chi connectivity index (χ1) is 13.6. The molecule has 1 aliphatic carbocycles. The summed E-state index contributed by atoms with van der Waals surface area (Å²) < 4.78 is 0. The average Bonchev–Trinajstić information content (AvgIpc) is 2.61. The van der Waals surface area contributed by atoms with Gasteiger partial charge < -0.3 is 11.1 Å². The Kier molecular flexibility index (Phi) is 5.83. The van der Waals surface area contributed by atoms with Crippen molar-refractivity contribution in [1.82, 2.24) is 0 Å². The monoisotopic (exact) mass is 423 g/mol. The van der Waals surface area contributed by atoms with Gasteiger partial charge in [-0.15, -0.1) is 0 Å². The molecule has 2 aromatic carbocycles. The van der Waals surface area contributed by atoms with Crippen molar-refractivity contribution < 1.29 is 0 Å². The Morgan fingerprint density at radius 1 is 0.862 bits per heavy atom. The summed E-state index contributed by atoms with van der Waals surface area (Å²) in [5, 5.41) is 17.2. The van der Waals surface area contributed by atoms with Crippen LogP contribution in [0.1, 0.15) is 41.7 Å². The van der Waals surface area contributed by atoms with Crippen LogP contribution < -0.4 is 5.73 Å². The van der Waals surface area contributed by atoms with Crippen molar-refractivity contribution >= 4 is 40.3 Å². The second kappa shape index (κ2) is 8.02. The van der Waals surface area contributed by atoms with E-state index in [-0.39, 0.29) is 5.84 Å². The zero-order valence-corrected chi connectivity index (χ0v) is 18.4. The SMILES string of the molecule is CC1=CC(=C(c2cc(C)c(C(=N)N)c(C)c2)c2c(Cl)cccc2Cl)C=C(C)C1=N. The van der Waals surface area contributed by atoms with Crippen LogP contribution in [0.5, 0.6) is 0 Å². The number of nitrogen functional groups attached to an aromatic ring is 1. The summed E-state index contributed by atoms with van der Waals surface area (Å²) in [5.74, 6) is 0.0501. The molecular weight excluding hydrogens is 401 g/mol. The van der Waals surface area contributed by atoms with E-state index in [1.54, 1.807) is 0 Å². The number of benzene rings is 2. The molecule has 5 heteroatoms. The first-order valence-electron chi connectivity index (χ1n) is 9.22. The van der Waals surface area contributed by atoms with Crippen LogP contribution in [0, 0.1) is 24.7 Å². The largest absolute Gasteiger partial charge is 0.384 e. The Hall–Kier alpha value is -2.62. The number of hydrogen-bond donors (Lipinski definition) is 3. The van der Waals surface area contributed by atoms with Crippen LogP contribution in [0.15, 0.2) is 59.2 Å². The summed E-state index contributed by atoms with van der Waals surface area (Å²) in [6.07, 6.45) is 3.99. The topological polar surface area (TPSA) is 73.7 Å². The Bertz CT molecular complexity index is 1080. The molecule has 1 aliphatic rings. The van der Waals surface area contributed by atoms with Crippen molar-refractivity contribution in [3.05, 3.63) is 97.1 Å². The summed E-state index contributed by atoms with van der Waals surface area (Å²) in [5.41, 5.74) is 14.2. The van der Waals surface area contributed by atoms with Gasteiger partial charge in [0.2, 0.25) is 0 Å². The number of rotatable bonds is 3. The third-order valence-corrected chi connectivity index (χ3v) is 5.75. The molecule has 0 heterocycles. The minimum absolute atomic E-state index is 0.0501. The Morgan fingerprint density at radius 3 is 1.79 bits per heavy atom. The molecule has 0 aromatic heterocycles. The van der Waals surface area contributed by atoms with Crippen LogP contribution in [-0.4, -0.2) is 11.5 Å². The van der Waals surface area contributed by atoms with Crippen molar-refractivity contribution in [3.63, 3.8) is 0 Å². The molecule has 3 nitrogen and oxygen atoms in total. The summed E-state index contributed by atoms with van der Waals surface area (Å²) >= 11 is 13.2. The Labute approximate surface area is 181 Å². The lowest BCUT2D eigenvalue weighted by Crippen LogP contribution is -2.15. The quantitative estimate of drug-likeness (QED) is 0.376. The lowest BCUT2D eigenvalue weighted by atomic mass is 9.85. The van der Waals surface area contributed by atoms with Crippen LogP contribution in [0.3, 0.4) is 0 Å². The molecule has 0 fully saturated rings. The molecule has 2 aromatic rings. The van der Waals surface area contributed by atoms with E-state index >= 15 is 0 Å². The maximum absolute atomic E-state index is 8.22. The van der Waals surface area contributed by atoms with Crippen LogP contribution >= 0.6 is 23.2 Å². The van der Waals surface area contributed by atoms with Crippen molar-refractivity contribution in [1.29, 1.82) is 10.8 Å². The van der Waals surface area contributed by atoms with E-state index in [1.807, 2.05) is 70.2 Å². The molecule has 0 saturated carbocycles. The standard InChI is InChI=1S/C24H23Cl2N3/c1-12-8-16(9-13(2)20(12)24(28)29)21(22-18(25)6-5-7-19(22)26)17-10-14(3)23(27)15(4)11-17/h5-11,27H,1-4H3,(H3,28,29). The van der Waals surface area contributed by atoms with Gasteiger partial charge in [0.15, 0.2) is 0 Å². The van der Waals surface area contributed by atoms with Crippen molar-refractivity contribution in [2.24, 2.45) is 5.73 Å². The van der Waals surface area contributed by atoms with Gasteiger partial charge in [-0.05, 0) is 91.0 Å². The molecular formula is C24H23Cl2N3. The van der Waals surface area contributed by atoms with Crippen molar-refractivity contribution in [3.8, 4) is 0 Å². The van der Waals surface area contributed by atoms with E-state index in [9.17, 15) is 0 Å². The smallest absolute Gasteiger partial charge is 0.123 e. The van der Waals surface area contributed by atoms with E-state index in [4.69, 9.17) is 39.8 Å². The minimum atomic E-state index is 0.0501. The van der Waals surface area contributed by atoms with Gasteiger partial charge in [-0.1, -0.05) is 41.4 Å². The first-order valence-corrected chi connectivity index (χ1v) is 9.98. The van der Waals surface area contributed by atoms with E-state index in [0.717, 1.165) is 50.1 Å². The number of halogens is 2. The van der Waals surface area contributed by atoms with Crippen LogP contribution in [-0.2, 0) is 0 Å². The lowest BCUT2D eigenvalue weighted by molar-refractivity contribution is 1.29. The second-order valence-electron chi connectivity index (χ2n) is 7.36. The fraction of sp³-hybridized carbons (Fsp3) is 0.167. The van der Waals surface area contributed by atoms with Gasteiger partial charge in [0.05, 0.1) is 5.71 Å². The molecule has 0 unspecified atom stereocenters.